The Morgan fingerprint density at radius 3 is 1.29 bits per heavy atom. The van der Waals surface area contributed by atoms with Crippen LogP contribution in [0.1, 0.15) is 38.5 Å². The van der Waals surface area contributed by atoms with Gasteiger partial charge in [0.1, 0.15) is 0 Å². The van der Waals surface area contributed by atoms with Gasteiger partial charge in [-0.1, -0.05) is 24.3 Å². The average molecular weight is 196 g/mol. The zero-order valence-electron chi connectivity index (χ0n) is 9.12. The summed E-state index contributed by atoms with van der Waals surface area (Å²) in [5.74, 6) is 0. The van der Waals surface area contributed by atoms with E-state index in [-0.39, 0.29) is 0 Å². The molecule has 4 N–H and O–H groups in total. The maximum atomic E-state index is 5.38. The predicted octanol–water partition coefficient (Wildman–Crippen LogP) is 2.36. The fraction of sp³-hybridized carbons (Fsp3) is 0.667. The first-order chi connectivity index (χ1) is 6.91. The molecule has 0 aliphatic carbocycles. The Morgan fingerprint density at radius 1 is 0.571 bits per heavy atom. The van der Waals surface area contributed by atoms with Crippen molar-refractivity contribution >= 4 is 0 Å². The van der Waals surface area contributed by atoms with Gasteiger partial charge in [0.2, 0.25) is 0 Å². The second-order valence-electron chi connectivity index (χ2n) is 3.38. The molecule has 0 rings (SSSR count). The number of hydrogen-bond donors (Lipinski definition) is 2. The quantitative estimate of drug-likeness (QED) is 0.439. The molecule has 2 heteroatoms. The number of nitrogens with two attached hydrogens (primary N) is 2. The molecule has 0 aliphatic heterocycles. The summed E-state index contributed by atoms with van der Waals surface area (Å²) < 4.78 is 0. The van der Waals surface area contributed by atoms with Crippen molar-refractivity contribution in [2.45, 2.75) is 38.5 Å². The highest BCUT2D eigenvalue weighted by Gasteiger charge is 1.80. The lowest BCUT2D eigenvalue weighted by molar-refractivity contribution is 0.846. The monoisotopic (exact) mass is 196 g/mol. The van der Waals surface area contributed by atoms with Gasteiger partial charge in [-0.3, -0.25) is 0 Å². The molecule has 0 aromatic rings. The molecule has 0 fully saturated rings. The van der Waals surface area contributed by atoms with Crippen LogP contribution < -0.4 is 11.5 Å². The van der Waals surface area contributed by atoms with Crippen LogP contribution >= 0.6 is 0 Å². The van der Waals surface area contributed by atoms with Crippen molar-refractivity contribution < 1.29 is 0 Å². The van der Waals surface area contributed by atoms with E-state index in [4.69, 9.17) is 11.5 Å². The Bertz CT molecular complexity index is 132. The van der Waals surface area contributed by atoms with Crippen LogP contribution in [-0.4, -0.2) is 13.1 Å². The lowest BCUT2D eigenvalue weighted by atomic mass is 10.2. The van der Waals surface area contributed by atoms with Crippen LogP contribution in [0.2, 0.25) is 0 Å². The van der Waals surface area contributed by atoms with Gasteiger partial charge in [0.15, 0.2) is 0 Å². The Morgan fingerprint density at radius 2 is 0.929 bits per heavy atom. The lowest BCUT2D eigenvalue weighted by Crippen LogP contribution is -1.96. The minimum absolute atomic E-state index is 0.795. The molecule has 0 aromatic heterocycles. The van der Waals surface area contributed by atoms with Crippen molar-refractivity contribution in [3.63, 3.8) is 0 Å². The van der Waals surface area contributed by atoms with Crippen LogP contribution in [-0.2, 0) is 0 Å². The lowest BCUT2D eigenvalue weighted by Gasteiger charge is -1.90. The van der Waals surface area contributed by atoms with Crippen LogP contribution in [0.5, 0.6) is 0 Å². The molecule has 0 radical (unpaired) electrons. The summed E-state index contributed by atoms with van der Waals surface area (Å²) in [6, 6.07) is 0. The van der Waals surface area contributed by atoms with E-state index < -0.39 is 0 Å². The highest BCUT2D eigenvalue weighted by molar-refractivity contribution is 4.88. The Hall–Kier alpha value is -0.600. The van der Waals surface area contributed by atoms with Crippen LogP contribution in [0.25, 0.3) is 0 Å². The third-order valence-electron chi connectivity index (χ3n) is 1.98. The smallest absolute Gasteiger partial charge is 0.00743 e. The summed E-state index contributed by atoms with van der Waals surface area (Å²) in [6.07, 6.45) is 15.6. The molecule has 0 unspecified atom stereocenters. The van der Waals surface area contributed by atoms with Gasteiger partial charge >= 0.3 is 0 Å². The van der Waals surface area contributed by atoms with Crippen molar-refractivity contribution in [1.29, 1.82) is 0 Å². The van der Waals surface area contributed by atoms with Crippen LogP contribution in [0.4, 0.5) is 0 Å². The minimum atomic E-state index is 0.795. The Labute approximate surface area is 88.1 Å². The highest BCUT2D eigenvalue weighted by Crippen LogP contribution is 1.97. The molecular weight excluding hydrogens is 172 g/mol. The van der Waals surface area contributed by atoms with Crippen LogP contribution in [0.3, 0.4) is 0 Å². The van der Waals surface area contributed by atoms with Crippen molar-refractivity contribution in [3.05, 3.63) is 24.3 Å². The largest absolute Gasteiger partial charge is 0.330 e. The molecule has 0 atom stereocenters. The van der Waals surface area contributed by atoms with E-state index in [1.807, 2.05) is 0 Å². The molecule has 0 spiro atoms. The van der Waals surface area contributed by atoms with E-state index >= 15 is 0 Å². The molecule has 2 nitrogen and oxygen atoms in total. The van der Waals surface area contributed by atoms with E-state index in [1.165, 1.54) is 0 Å². The predicted molar refractivity (Wildman–Crippen MR) is 64.1 cm³/mol. The third-order valence-corrected chi connectivity index (χ3v) is 1.98. The van der Waals surface area contributed by atoms with Crippen LogP contribution in [0, 0.1) is 0 Å². The van der Waals surface area contributed by atoms with Gasteiger partial charge in [-0.15, -0.1) is 0 Å². The van der Waals surface area contributed by atoms with Gasteiger partial charge in [0.05, 0.1) is 0 Å². The molecule has 0 bridgehead atoms. The van der Waals surface area contributed by atoms with Crippen molar-refractivity contribution in [2.24, 2.45) is 11.5 Å². The summed E-state index contributed by atoms with van der Waals surface area (Å²) in [7, 11) is 0. The van der Waals surface area contributed by atoms with Gasteiger partial charge < -0.3 is 11.5 Å². The normalized spacial score (nSPS) is 11.9. The fourth-order valence-electron chi connectivity index (χ4n) is 1.14. The minimum Gasteiger partial charge on any atom is -0.330 e. The van der Waals surface area contributed by atoms with Crippen molar-refractivity contribution in [3.8, 4) is 0 Å². The second-order valence-corrected chi connectivity index (χ2v) is 3.38. The summed E-state index contributed by atoms with van der Waals surface area (Å²) >= 11 is 0. The third kappa shape index (κ3) is 11.4. The van der Waals surface area contributed by atoms with Crippen molar-refractivity contribution in [1.82, 2.24) is 0 Å². The van der Waals surface area contributed by atoms with Gasteiger partial charge in [-0.2, -0.15) is 0 Å². The summed E-state index contributed by atoms with van der Waals surface area (Å²) in [4.78, 5) is 0. The molecule has 0 saturated heterocycles. The molecular formula is C12H24N2. The van der Waals surface area contributed by atoms with Gasteiger partial charge in [0, 0.05) is 0 Å². The van der Waals surface area contributed by atoms with E-state index in [9.17, 15) is 0 Å². The molecule has 14 heavy (non-hydrogen) atoms. The summed E-state index contributed by atoms with van der Waals surface area (Å²) in [5.41, 5.74) is 10.8. The molecule has 0 heterocycles. The van der Waals surface area contributed by atoms with Crippen molar-refractivity contribution in [2.75, 3.05) is 13.1 Å². The average Bonchev–Trinajstić information content (AvgIpc) is 2.21. The SMILES string of the molecule is NCCC/C=C/CC/C=C/CCCN. The Balaban J connectivity index is 3.11. The van der Waals surface area contributed by atoms with Gasteiger partial charge in [0.25, 0.3) is 0 Å². The first kappa shape index (κ1) is 13.4. The number of rotatable bonds is 9. The number of hydrogen-bond acceptors (Lipinski definition) is 2. The van der Waals surface area contributed by atoms with Crippen LogP contribution in [0.15, 0.2) is 24.3 Å². The van der Waals surface area contributed by atoms with E-state index in [1.54, 1.807) is 0 Å². The second kappa shape index (κ2) is 12.4. The Kier molecular flexibility index (Phi) is 11.9. The standard InChI is InChI=1S/C12H24N2/c13-11-9-7-5-3-1-2-4-6-8-10-12-14/h3-6H,1-2,7-14H2/b5-3+,6-4+. The highest BCUT2D eigenvalue weighted by atomic mass is 14.5. The van der Waals surface area contributed by atoms with E-state index in [0.29, 0.717) is 0 Å². The van der Waals surface area contributed by atoms with E-state index in [2.05, 4.69) is 24.3 Å². The molecule has 82 valence electrons. The maximum Gasteiger partial charge on any atom is -0.00743 e. The van der Waals surface area contributed by atoms with Gasteiger partial charge in [-0.05, 0) is 51.6 Å². The first-order valence-corrected chi connectivity index (χ1v) is 5.62. The molecule has 0 aliphatic rings. The maximum absolute atomic E-state index is 5.38. The zero-order valence-corrected chi connectivity index (χ0v) is 9.12. The molecule has 0 amide bonds. The fourth-order valence-corrected chi connectivity index (χ4v) is 1.14. The topological polar surface area (TPSA) is 52.0 Å². The summed E-state index contributed by atoms with van der Waals surface area (Å²) in [6.45, 7) is 1.59. The van der Waals surface area contributed by atoms with Gasteiger partial charge in [-0.25, -0.2) is 0 Å². The summed E-state index contributed by atoms with van der Waals surface area (Å²) in [5, 5.41) is 0. The van der Waals surface area contributed by atoms with E-state index in [0.717, 1.165) is 51.6 Å². The zero-order chi connectivity index (χ0) is 10.5. The molecule has 0 saturated carbocycles. The number of allylic oxidation sites excluding steroid dienone is 4. The number of unbranched alkanes of at least 4 members (excludes halogenated alkanes) is 3. The first-order valence-electron chi connectivity index (χ1n) is 5.62. The molecule has 0 aromatic carbocycles.